The third-order valence-electron chi connectivity index (χ3n) is 2.63. The Kier molecular flexibility index (Phi) is 3.10. The summed E-state index contributed by atoms with van der Waals surface area (Å²) in [7, 11) is 0. The summed E-state index contributed by atoms with van der Waals surface area (Å²) in [6.45, 7) is 0. The third kappa shape index (κ3) is 2.28. The molecule has 0 radical (unpaired) electrons. The summed E-state index contributed by atoms with van der Waals surface area (Å²) in [6.07, 6.45) is 5.63. The van der Waals surface area contributed by atoms with Gasteiger partial charge in [0.15, 0.2) is 0 Å². The van der Waals surface area contributed by atoms with Crippen LogP contribution in [0.25, 0.3) is 17.1 Å². The largest absolute Gasteiger partial charge is 0.290 e. The van der Waals surface area contributed by atoms with Gasteiger partial charge in [-0.15, -0.1) is 0 Å². The van der Waals surface area contributed by atoms with E-state index in [9.17, 15) is 0 Å². The Balaban J connectivity index is 1.97. The van der Waals surface area contributed by atoms with Crippen molar-refractivity contribution < 1.29 is 0 Å². The van der Waals surface area contributed by atoms with E-state index in [4.69, 9.17) is 0 Å². The molecule has 3 aromatic rings. The molecule has 18 heavy (non-hydrogen) atoms. The number of imidazole rings is 1. The van der Waals surface area contributed by atoms with E-state index in [2.05, 4.69) is 32.6 Å². The molecule has 0 saturated carbocycles. The first-order valence-corrected chi connectivity index (χ1v) is 6.62. The molecular weight excluding hydrogens is 337 g/mol. The molecule has 1 aromatic carbocycles. The van der Waals surface area contributed by atoms with Gasteiger partial charge in [-0.05, 0) is 34.7 Å². The van der Waals surface area contributed by atoms with Gasteiger partial charge in [-0.3, -0.25) is 4.57 Å². The normalized spacial score (nSPS) is 10.5. The average molecular weight is 347 g/mol. The minimum atomic E-state index is 0.880. The van der Waals surface area contributed by atoms with Crippen LogP contribution in [0.2, 0.25) is 0 Å². The molecule has 0 spiro atoms. The minimum Gasteiger partial charge on any atom is -0.290 e. The standard InChI is InChI=1S/C14H10IN3/c15-12-6-7-14(16-8-12)18-9-13(17-10-18)11-4-2-1-3-5-11/h1-10H. The SMILES string of the molecule is Ic1ccc(-n2cnc(-c3ccccc3)c2)nc1. The summed E-state index contributed by atoms with van der Waals surface area (Å²) >= 11 is 2.24. The van der Waals surface area contributed by atoms with Crippen LogP contribution in [-0.4, -0.2) is 14.5 Å². The number of benzene rings is 1. The first-order chi connectivity index (χ1) is 8.83. The zero-order chi connectivity index (χ0) is 12.4. The van der Waals surface area contributed by atoms with Gasteiger partial charge in [-0.1, -0.05) is 30.3 Å². The number of hydrogen-bond donors (Lipinski definition) is 0. The quantitative estimate of drug-likeness (QED) is 0.664. The first kappa shape index (κ1) is 11.4. The molecule has 0 saturated heterocycles. The second-order valence-corrected chi connectivity index (χ2v) is 5.11. The second kappa shape index (κ2) is 4.89. The molecule has 4 heteroatoms. The smallest absolute Gasteiger partial charge is 0.137 e. The Morgan fingerprint density at radius 1 is 0.944 bits per heavy atom. The summed E-state index contributed by atoms with van der Waals surface area (Å²) in [5, 5.41) is 0. The van der Waals surface area contributed by atoms with Crippen molar-refractivity contribution in [2.45, 2.75) is 0 Å². The lowest BCUT2D eigenvalue weighted by atomic mass is 10.2. The molecule has 3 rings (SSSR count). The van der Waals surface area contributed by atoms with Crippen molar-refractivity contribution in [3.63, 3.8) is 0 Å². The predicted molar refractivity (Wildman–Crippen MR) is 79.5 cm³/mol. The molecule has 2 aromatic heterocycles. The number of pyridine rings is 1. The van der Waals surface area contributed by atoms with E-state index in [0.717, 1.165) is 20.6 Å². The minimum absolute atomic E-state index is 0.880. The van der Waals surface area contributed by atoms with Crippen LogP contribution in [0.4, 0.5) is 0 Å². The molecule has 0 aliphatic carbocycles. The van der Waals surface area contributed by atoms with Crippen LogP contribution in [0, 0.1) is 3.57 Å². The first-order valence-electron chi connectivity index (χ1n) is 5.54. The highest BCUT2D eigenvalue weighted by Gasteiger charge is 2.03. The van der Waals surface area contributed by atoms with Crippen LogP contribution in [-0.2, 0) is 0 Å². The van der Waals surface area contributed by atoms with Crippen LogP contribution in [0.5, 0.6) is 0 Å². The maximum absolute atomic E-state index is 4.41. The Morgan fingerprint density at radius 3 is 2.50 bits per heavy atom. The summed E-state index contributed by atoms with van der Waals surface area (Å²) in [4.78, 5) is 8.78. The van der Waals surface area contributed by atoms with Crippen LogP contribution >= 0.6 is 22.6 Å². The molecule has 88 valence electrons. The van der Waals surface area contributed by atoms with Crippen molar-refractivity contribution in [3.8, 4) is 17.1 Å². The third-order valence-corrected chi connectivity index (χ3v) is 3.27. The Labute approximate surface area is 119 Å². The summed E-state index contributed by atoms with van der Waals surface area (Å²) < 4.78 is 3.05. The average Bonchev–Trinajstić information content (AvgIpc) is 2.90. The number of hydrogen-bond acceptors (Lipinski definition) is 2. The van der Waals surface area contributed by atoms with Gasteiger partial charge >= 0.3 is 0 Å². The van der Waals surface area contributed by atoms with Gasteiger partial charge in [0.2, 0.25) is 0 Å². The molecule has 0 aliphatic rings. The summed E-state index contributed by atoms with van der Waals surface area (Å²) in [5.74, 6) is 0.880. The molecule has 0 aliphatic heterocycles. The van der Waals surface area contributed by atoms with Gasteiger partial charge in [-0.25, -0.2) is 9.97 Å². The van der Waals surface area contributed by atoms with Gasteiger partial charge in [0, 0.05) is 21.5 Å². The fourth-order valence-electron chi connectivity index (χ4n) is 1.73. The lowest BCUT2D eigenvalue weighted by Crippen LogP contribution is -1.93. The molecule has 0 atom stereocenters. The maximum atomic E-state index is 4.41. The molecule has 0 bridgehead atoms. The van der Waals surface area contributed by atoms with E-state index < -0.39 is 0 Å². The van der Waals surface area contributed by atoms with Crippen LogP contribution < -0.4 is 0 Å². The Morgan fingerprint density at radius 2 is 1.78 bits per heavy atom. The highest BCUT2D eigenvalue weighted by Crippen LogP contribution is 2.17. The van der Waals surface area contributed by atoms with Gasteiger partial charge < -0.3 is 0 Å². The molecule has 0 unspecified atom stereocenters. The molecule has 3 nitrogen and oxygen atoms in total. The van der Waals surface area contributed by atoms with Crippen LogP contribution in [0.15, 0.2) is 61.2 Å². The van der Waals surface area contributed by atoms with Crippen molar-refractivity contribution in [1.82, 2.24) is 14.5 Å². The Bertz CT molecular complexity index is 644. The monoisotopic (exact) mass is 347 g/mol. The number of nitrogens with zero attached hydrogens (tertiary/aromatic N) is 3. The fraction of sp³-hybridized carbons (Fsp3) is 0. The summed E-state index contributed by atoms with van der Waals surface area (Å²) in [6, 6.07) is 14.1. The van der Waals surface area contributed by atoms with Crippen molar-refractivity contribution in [1.29, 1.82) is 0 Å². The molecular formula is C14H10IN3. The van der Waals surface area contributed by atoms with Crippen molar-refractivity contribution in [3.05, 3.63) is 64.8 Å². The highest BCUT2D eigenvalue weighted by molar-refractivity contribution is 14.1. The fourth-order valence-corrected chi connectivity index (χ4v) is 2.05. The zero-order valence-corrected chi connectivity index (χ0v) is 11.7. The van der Waals surface area contributed by atoms with Gasteiger partial charge in [-0.2, -0.15) is 0 Å². The van der Waals surface area contributed by atoms with Crippen molar-refractivity contribution in [2.24, 2.45) is 0 Å². The van der Waals surface area contributed by atoms with Crippen LogP contribution in [0.1, 0.15) is 0 Å². The van der Waals surface area contributed by atoms with E-state index in [-0.39, 0.29) is 0 Å². The number of halogens is 1. The van der Waals surface area contributed by atoms with Crippen molar-refractivity contribution in [2.75, 3.05) is 0 Å². The lowest BCUT2D eigenvalue weighted by molar-refractivity contribution is 0.990. The van der Waals surface area contributed by atoms with E-state index in [1.165, 1.54) is 0 Å². The zero-order valence-electron chi connectivity index (χ0n) is 9.49. The van der Waals surface area contributed by atoms with Gasteiger partial charge in [0.1, 0.15) is 12.1 Å². The lowest BCUT2D eigenvalue weighted by Gasteiger charge is -1.99. The number of rotatable bonds is 2. The topological polar surface area (TPSA) is 30.7 Å². The van der Waals surface area contributed by atoms with E-state index in [1.807, 2.05) is 59.4 Å². The molecule has 2 heterocycles. The van der Waals surface area contributed by atoms with Crippen molar-refractivity contribution >= 4 is 22.6 Å². The van der Waals surface area contributed by atoms with Gasteiger partial charge in [0.25, 0.3) is 0 Å². The van der Waals surface area contributed by atoms with E-state index in [0.29, 0.717) is 0 Å². The van der Waals surface area contributed by atoms with Gasteiger partial charge in [0.05, 0.1) is 5.69 Å². The van der Waals surface area contributed by atoms with E-state index in [1.54, 1.807) is 6.33 Å². The maximum Gasteiger partial charge on any atom is 0.137 e. The highest BCUT2D eigenvalue weighted by atomic mass is 127. The molecule has 0 amide bonds. The summed E-state index contributed by atoms with van der Waals surface area (Å²) in [5.41, 5.74) is 2.07. The van der Waals surface area contributed by atoms with Crippen LogP contribution in [0.3, 0.4) is 0 Å². The molecule has 0 fully saturated rings. The number of aromatic nitrogens is 3. The molecule has 0 N–H and O–H groups in total. The van der Waals surface area contributed by atoms with E-state index >= 15 is 0 Å². The second-order valence-electron chi connectivity index (χ2n) is 3.87. The Hall–Kier alpha value is -1.69. The predicted octanol–water partition coefficient (Wildman–Crippen LogP) is 3.54.